The molecule has 2 unspecified atom stereocenters. The van der Waals surface area contributed by atoms with Gasteiger partial charge in [-0.15, -0.1) is 0 Å². The van der Waals surface area contributed by atoms with Crippen molar-refractivity contribution in [2.24, 2.45) is 0 Å². The van der Waals surface area contributed by atoms with Crippen LogP contribution in [0.5, 0.6) is 0 Å². The van der Waals surface area contributed by atoms with Gasteiger partial charge in [0.15, 0.2) is 0 Å². The van der Waals surface area contributed by atoms with E-state index in [2.05, 4.69) is 15.9 Å². The van der Waals surface area contributed by atoms with Crippen molar-refractivity contribution in [3.63, 3.8) is 0 Å². The Hall–Kier alpha value is -0.450. The smallest absolute Gasteiger partial charge is 0.143 e. The first-order valence-electron chi connectivity index (χ1n) is 4.84. The summed E-state index contributed by atoms with van der Waals surface area (Å²) in [7, 11) is 0. The fourth-order valence-corrected chi connectivity index (χ4v) is 2.29. The lowest BCUT2D eigenvalue weighted by Gasteiger charge is -2.27. The van der Waals surface area contributed by atoms with E-state index in [0.29, 0.717) is 23.1 Å². The predicted molar refractivity (Wildman–Crippen MR) is 58.0 cm³/mol. The van der Waals surface area contributed by atoms with E-state index in [9.17, 15) is 9.50 Å². The van der Waals surface area contributed by atoms with E-state index in [1.807, 2.05) is 0 Å². The molecule has 1 aromatic rings. The maximum absolute atomic E-state index is 13.8. The van der Waals surface area contributed by atoms with Crippen LogP contribution in [0, 0.1) is 5.82 Å². The zero-order valence-corrected chi connectivity index (χ0v) is 9.92. The van der Waals surface area contributed by atoms with E-state index in [-0.39, 0.29) is 6.10 Å². The van der Waals surface area contributed by atoms with Crippen LogP contribution in [-0.4, -0.2) is 17.8 Å². The summed E-state index contributed by atoms with van der Waals surface area (Å²) in [5.74, 6) is -0.405. The molecule has 0 bridgehead atoms. The average Bonchev–Trinajstić information content (AvgIpc) is 2.53. The Morgan fingerprint density at radius 1 is 1.60 bits per heavy atom. The molecule has 0 amide bonds. The Balaban J connectivity index is 2.49. The van der Waals surface area contributed by atoms with Crippen LogP contribution in [0.3, 0.4) is 0 Å². The Morgan fingerprint density at radius 3 is 2.93 bits per heavy atom. The maximum atomic E-state index is 13.8. The Labute approximate surface area is 96.2 Å². The first-order valence-corrected chi connectivity index (χ1v) is 5.63. The molecule has 15 heavy (non-hydrogen) atoms. The molecule has 82 valence electrons. The van der Waals surface area contributed by atoms with Gasteiger partial charge in [0.2, 0.25) is 0 Å². The lowest BCUT2D eigenvalue weighted by atomic mass is 9.87. The molecule has 2 nitrogen and oxygen atoms in total. The quantitative estimate of drug-likeness (QED) is 0.853. The van der Waals surface area contributed by atoms with Crippen LogP contribution in [0.25, 0.3) is 0 Å². The van der Waals surface area contributed by atoms with E-state index in [4.69, 9.17) is 4.74 Å². The summed E-state index contributed by atoms with van der Waals surface area (Å²) in [5.41, 5.74) is -0.893. The lowest BCUT2D eigenvalue weighted by molar-refractivity contribution is -0.0340. The van der Waals surface area contributed by atoms with Gasteiger partial charge < -0.3 is 9.84 Å². The standard InChI is InChI=1S/C11H12BrFO2/c1-7-11(14,5-6-15-7)8-3-2-4-9(12)10(8)13/h2-4,7,14H,5-6H2,1H3. The summed E-state index contributed by atoms with van der Waals surface area (Å²) in [6, 6.07) is 4.93. The monoisotopic (exact) mass is 274 g/mol. The van der Waals surface area contributed by atoms with E-state index >= 15 is 0 Å². The second-order valence-electron chi connectivity index (χ2n) is 3.79. The van der Waals surface area contributed by atoms with Gasteiger partial charge >= 0.3 is 0 Å². The molecule has 2 atom stereocenters. The Kier molecular flexibility index (Phi) is 2.83. The van der Waals surface area contributed by atoms with Crippen LogP contribution in [-0.2, 0) is 10.3 Å². The van der Waals surface area contributed by atoms with Gasteiger partial charge in [0, 0.05) is 12.0 Å². The van der Waals surface area contributed by atoms with Gasteiger partial charge in [0.05, 0.1) is 17.2 Å². The molecule has 1 aliphatic rings. The molecule has 1 N–H and O–H groups in total. The first-order chi connectivity index (χ1) is 7.05. The summed E-state index contributed by atoms with van der Waals surface area (Å²) < 4.78 is 19.5. The van der Waals surface area contributed by atoms with Crippen molar-refractivity contribution in [1.82, 2.24) is 0 Å². The van der Waals surface area contributed by atoms with Crippen LogP contribution in [0.4, 0.5) is 4.39 Å². The van der Waals surface area contributed by atoms with Gasteiger partial charge in [-0.05, 0) is 28.9 Å². The third-order valence-corrected chi connectivity index (χ3v) is 3.55. The molecular weight excluding hydrogens is 263 g/mol. The number of ether oxygens (including phenoxy) is 1. The molecule has 1 fully saturated rings. The normalized spacial score (nSPS) is 30.8. The molecule has 2 rings (SSSR count). The number of hydrogen-bond donors (Lipinski definition) is 1. The Bertz CT molecular complexity index is 383. The summed E-state index contributed by atoms with van der Waals surface area (Å²) in [4.78, 5) is 0. The highest BCUT2D eigenvalue weighted by molar-refractivity contribution is 9.10. The predicted octanol–water partition coefficient (Wildman–Crippen LogP) is 2.58. The van der Waals surface area contributed by atoms with Gasteiger partial charge in [-0.1, -0.05) is 12.1 Å². The molecule has 0 aromatic heterocycles. The van der Waals surface area contributed by atoms with Crippen LogP contribution < -0.4 is 0 Å². The molecule has 1 saturated heterocycles. The molecule has 0 spiro atoms. The maximum Gasteiger partial charge on any atom is 0.143 e. The zero-order chi connectivity index (χ0) is 11.1. The summed E-state index contributed by atoms with van der Waals surface area (Å²) in [6.45, 7) is 2.22. The molecule has 4 heteroatoms. The second kappa shape index (κ2) is 3.85. The van der Waals surface area contributed by atoms with Crippen molar-refractivity contribution in [2.75, 3.05) is 6.61 Å². The number of aliphatic hydroxyl groups is 1. The van der Waals surface area contributed by atoms with E-state index < -0.39 is 11.4 Å². The van der Waals surface area contributed by atoms with Crippen molar-refractivity contribution >= 4 is 15.9 Å². The number of rotatable bonds is 1. The van der Waals surface area contributed by atoms with Crippen LogP contribution in [0.1, 0.15) is 18.9 Å². The Morgan fingerprint density at radius 2 is 2.33 bits per heavy atom. The number of halogens is 2. The first kappa shape index (κ1) is 11.0. The van der Waals surface area contributed by atoms with Crippen molar-refractivity contribution in [3.05, 3.63) is 34.1 Å². The highest BCUT2D eigenvalue weighted by Gasteiger charge is 2.43. The van der Waals surface area contributed by atoms with Crippen molar-refractivity contribution in [2.45, 2.75) is 25.0 Å². The van der Waals surface area contributed by atoms with Crippen LogP contribution >= 0.6 is 15.9 Å². The number of benzene rings is 1. The lowest BCUT2D eigenvalue weighted by Crippen LogP contribution is -2.34. The van der Waals surface area contributed by atoms with Gasteiger partial charge in [0.1, 0.15) is 11.4 Å². The van der Waals surface area contributed by atoms with E-state index in [0.717, 1.165) is 0 Å². The molecule has 0 radical (unpaired) electrons. The molecule has 1 heterocycles. The third-order valence-electron chi connectivity index (χ3n) is 2.94. The number of hydrogen-bond acceptors (Lipinski definition) is 2. The van der Waals surface area contributed by atoms with E-state index in [1.165, 1.54) is 0 Å². The minimum absolute atomic E-state index is 0.307. The minimum Gasteiger partial charge on any atom is -0.382 e. The molecule has 1 aromatic carbocycles. The summed E-state index contributed by atoms with van der Waals surface area (Å²) in [6.07, 6.45) is 0.0583. The molecule has 1 aliphatic heterocycles. The van der Waals surface area contributed by atoms with Crippen molar-refractivity contribution in [1.29, 1.82) is 0 Å². The van der Waals surface area contributed by atoms with Crippen LogP contribution in [0.2, 0.25) is 0 Å². The molecular formula is C11H12BrFO2. The SMILES string of the molecule is CC1OCCC1(O)c1cccc(Br)c1F. The van der Waals surface area contributed by atoms with Gasteiger partial charge in [-0.25, -0.2) is 4.39 Å². The van der Waals surface area contributed by atoms with E-state index in [1.54, 1.807) is 25.1 Å². The summed E-state index contributed by atoms with van der Waals surface area (Å²) in [5, 5.41) is 10.4. The molecule has 0 aliphatic carbocycles. The average molecular weight is 275 g/mol. The van der Waals surface area contributed by atoms with Crippen LogP contribution in [0.15, 0.2) is 22.7 Å². The third kappa shape index (κ3) is 1.71. The van der Waals surface area contributed by atoms with Crippen molar-refractivity contribution < 1.29 is 14.2 Å². The van der Waals surface area contributed by atoms with Gasteiger partial charge in [-0.2, -0.15) is 0 Å². The second-order valence-corrected chi connectivity index (χ2v) is 4.64. The van der Waals surface area contributed by atoms with Crippen molar-refractivity contribution in [3.8, 4) is 0 Å². The van der Waals surface area contributed by atoms with Gasteiger partial charge in [0.25, 0.3) is 0 Å². The largest absolute Gasteiger partial charge is 0.382 e. The minimum atomic E-state index is -1.20. The molecule has 0 saturated carbocycles. The zero-order valence-electron chi connectivity index (χ0n) is 8.34. The van der Waals surface area contributed by atoms with Gasteiger partial charge in [-0.3, -0.25) is 0 Å². The fourth-order valence-electron chi connectivity index (χ4n) is 1.92. The topological polar surface area (TPSA) is 29.5 Å². The fraction of sp³-hybridized carbons (Fsp3) is 0.455. The highest BCUT2D eigenvalue weighted by atomic mass is 79.9. The summed E-state index contributed by atoms with van der Waals surface area (Å²) >= 11 is 3.11. The highest BCUT2D eigenvalue weighted by Crippen LogP contribution is 2.38.